The predicted molar refractivity (Wildman–Crippen MR) is 89.5 cm³/mol. The van der Waals surface area contributed by atoms with E-state index in [-0.39, 0.29) is 17.9 Å². The third-order valence-corrected chi connectivity index (χ3v) is 4.04. The maximum atomic E-state index is 12.7. The quantitative estimate of drug-likeness (QED) is 0.912. The topological polar surface area (TPSA) is 75.2 Å². The fraction of sp³-hybridized carbons (Fsp3) is 0.333. The highest BCUT2D eigenvalue weighted by molar-refractivity contribution is 5.94. The van der Waals surface area contributed by atoms with E-state index in [0.29, 0.717) is 17.8 Å². The first-order valence-electron chi connectivity index (χ1n) is 7.99. The van der Waals surface area contributed by atoms with Gasteiger partial charge in [0.15, 0.2) is 0 Å². The van der Waals surface area contributed by atoms with Crippen molar-refractivity contribution in [3.63, 3.8) is 0 Å². The molecule has 1 aromatic heterocycles. The largest absolute Gasteiger partial charge is 0.355 e. The van der Waals surface area contributed by atoms with E-state index in [2.05, 4.69) is 15.3 Å². The van der Waals surface area contributed by atoms with Gasteiger partial charge in [-0.15, -0.1) is 0 Å². The molecule has 0 bridgehead atoms. The van der Waals surface area contributed by atoms with Crippen molar-refractivity contribution in [1.82, 2.24) is 20.2 Å². The van der Waals surface area contributed by atoms with E-state index in [0.717, 1.165) is 24.1 Å². The molecule has 0 unspecified atom stereocenters. The van der Waals surface area contributed by atoms with Gasteiger partial charge in [0.25, 0.3) is 11.8 Å². The van der Waals surface area contributed by atoms with Crippen LogP contribution >= 0.6 is 0 Å². The second kappa shape index (κ2) is 6.78. The van der Waals surface area contributed by atoms with Gasteiger partial charge in [-0.25, -0.2) is 4.98 Å². The third kappa shape index (κ3) is 3.59. The first kappa shape index (κ1) is 16.1. The lowest BCUT2D eigenvalue weighted by Crippen LogP contribution is -2.33. The number of rotatable bonds is 5. The Balaban J connectivity index is 1.75. The summed E-state index contributed by atoms with van der Waals surface area (Å²) in [6.45, 7) is 2.35. The Morgan fingerprint density at radius 3 is 2.42 bits per heavy atom. The van der Waals surface area contributed by atoms with E-state index in [1.54, 1.807) is 25.4 Å². The van der Waals surface area contributed by atoms with E-state index in [9.17, 15) is 9.59 Å². The van der Waals surface area contributed by atoms with E-state index in [1.807, 2.05) is 24.0 Å². The molecule has 1 heterocycles. The normalized spacial score (nSPS) is 13.4. The summed E-state index contributed by atoms with van der Waals surface area (Å²) in [5.74, 6) is -0.216. The molecule has 0 atom stereocenters. The molecule has 0 radical (unpaired) electrons. The summed E-state index contributed by atoms with van der Waals surface area (Å²) in [6.07, 6.45) is 5.17. The average Bonchev–Trinajstić information content (AvgIpc) is 3.44. The molecule has 0 aliphatic heterocycles. The molecular weight excluding hydrogens is 304 g/mol. The molecule has 0 spiro atoms. The van der Waals surface area contributed by atoms with Gasteiger partial charge in [0.2, 0.25) is 0 Å². The lowest BCUT2D eigenvalue weighted by Gasteiger charge is -2.22. The Hall–Kier alpha value is -2.76. The molecule has 124 valence electrons. The SMILES string of the molecule is CNC(=O)c1ccc(CN(C(=O)c2cnc(C)cn2)C2CC2)cc1. The monoisotopic (exact) mass is 324 g/mol. The van der Waals surface area contributed by atoms with Crippen molar-refractivity contribution in [3.8, 4) is 0 Å². The van der Waals surface area contributed by atoms with Crippen LogP contribution in [-0.4, -0.2) is 39.8 Å². The fourth-order valence-electron chi connectivity index (χ4n) is 2.51. The number of carbonyl (C=O) groups is 2. The van der Waals surface area contributed by atoms with Gasteiger partial charge in [0.05, 0.1) is 11.9 Å². The number of carbonyl (C=O) groups excluding carboxylic acids is 2. The van der Waals surface area contributed by atoms with Gasteiger partial charge < -0.3 is 10.2 Å². The highest BCUT2D eigenvalue weighted by Gasteiger charge is 2.33. The summed E-state index contributed by atoms with van der Waals surface area (Å²) in [4.78, 5) is 34.5. The number of aromatic nitrogens is 2. The van der Waals surface area contributed by atoms with Crippen LogP contribution in [0.2, 0.25) is 0 Å². The molecule has 24 heavy (non-hydrogen) atoms. The van der Waals surface area contributed by atoms with Crippen LogP contribution in [0.1, 0.15) is 44.9 Å². The van der Waals surface area contributed by atoms with Crippen molar-refractivity contribution in [2.75, 3.05) is 7.05 Å². The minimum Gasteiger partial charge on any atom is -0.355 e. The van der Waals surface area contributed by atoms with Crippen molar-refractivity contribution in [3.05, 3.63) is 59.2 Å². The van der Waals surface area contributed by atoms with Gasteiger partial charge in [-0.2, -0.15) is 0 Å². The summed E-state index contributed by atoms with van der Waals surface area (Å²) < 4.78 is 0. The van der Waals surface area contributed by atoms with Crippen molar-refractivity contribution in [2.24, 2.45) is 0 Å². The van der Waals surface area contributed by atoms with E-state index < -0.39 is 0 Å². The molecule has 2 amide bonds. The van der Waals surface area contributed by atoms with Crippen molar-refractivity contribution < 1.29 is 9.59 Å². The minimum absolute atomic E-state index is 0.0969. The number of hydrogen-bond donors (Lipinski definition) is 1. The van der Waals surface area contributed by atoms with Gasteiger partial charge in [-0.3, -0.25) is 14.6 Å². The van der Waals surface area contributed by atoms with Gasteiger partial charge in [0, 0.05) is 31.4 Å². The lowest BCUT2D eigenvalue weighted by molar-refractivity contribution is 0.0723. The highest BCUT2D eigenvalue weighted by atomic mass is 16.2. The predicted octanol–water partition coefficient (Wildman–Crippen LogP) is 1.95. The first-order valence-corrected chi connectivity index (χ1v) is 7.99. The van der Waals surface area contributed by atoms with Gasteiger partial charge in [-0.05, 0) is 37.5 Å². The Labute approximate surface area is 140 Å². The molecule has 6 heteroatoms. The van der Waals surface area contributed by atoms with Crippen LogP contribution < -0.4 is 5.32 Å². The summed E-state index contributed by atoms with van der Waals surface area (Å²) >= 11 is 0. The van der Waals surface area contributed by atoms with Gasteiger partial charge in [-0.1, -0.05) is 12.1 Å². The molecule has 6 nitrogen and oxygen atoms in total. The van der Waals surface area contributed by atoms with Crippen LogP contribution in [-0.2, 0) is 6.54 Å². The standard InChI is InChI=1S/C18H20N4O2/c1-12-9-21-16(10-20-12)18(24)22(15-7-8-15)11-13-3-5-14(6-4-13)17(23)19-2/h3-6,9-10,15H,7-8,11H2,1-2H3,(H,19,23). The third-order valence-electron chi connectivity index (χ3n) is 4.04. The van der Waals surface area contributed by atoms with Crippen LogP contribution in [0.25, 0.3) is 0 Å². The Morgan fingerprint density at radius 1 is 1.17 bits per heavy atom. The van der Waals surface area contributed by atoms with Crippen LogP contribution in [0, 0.1) is 6.92 Å². The second-order valence-electron chi connectivity index (χ2n) is 5.98. The second-order valence-corrected chi connectivity index (χ2v) is 5.98. The number of nitrogens with zero attached hydrogens (tertiary/aromatic N) is 3. The summed E-state index contributed by atoms with van der Waals surface area (Å²) in [5, 5.41) is 2.60. The van der Waals surface area contributed by atoms with Crippen LogP contribution in [0.3, 0.4) is 0 Å². The zero-order valence-corrected chi connectivity index (χ0v) is 13.8. The van der Waals surface area contributed by atoms with Crippen LogP contribution in [0.5, 0.6) is 0 Å². The first-order chi connectivity index (χ1) is 11.6. The van der Waals surface area contributed by atoms with Gasteiger partial charge >= 0.3 is 0 Å². The number of benzene rings is 1. The van der Waals surface area contributed by atoms with Crippen molar-refractivity contribution in [2.45, 2.75) is 32.4 Å². The van der Waals surface area contributed by atoms with E-state index in [4.69, 9.17) is 0 Å². The number of hydrogen-bond acceptors (Lipinski definition) is 4. The van der Waals surface area contributed by atoms with Crippen molar-refractivity contribution in [1.29, 1.82) is 0 Å². The maximum Gasteiger partial charge on any atom is 0.274 e. The molecule has 1 saturated carbocycles. The summed E-state index contributed by atoms with van der Waals surface area (Å²) in [6, 6.07) is 7.58. The fourth-order valence-corrected chi connectivity index (χ4v) is 2.51. The molecule has 1 fully saturated rings. The minimum atomic E-state index is -0.119. The molecular formula is C18H20N4O2. The zero-order chi connectivity index (χ0) is 17.1. The lowest BCUT2D eigenvalue weighted by atomic mass is 10.1. The van der Waals surface area contributed by atoms with E-state index in [1.165, 1.54) is 6.20 Å². The molecule has 1 aliphatic carbocycles. The Kier molecular flexibility index (Phi) is 4.55. The number of aryl methyl sites for hydroxylation is 1. The molecule has 1 N–H and O–H groups in total. The molecule has 1 aromatic carbocycles. The van der Waals surface area contributed by atoms with Gasteiger partial charge in [0.1, 0.15) is 5.69 Å². The smallest absolute Gasteiger partial charge is 0.274 e. The van der Waals surface area contributed by atoms with E-state index >= 15 is 0 Å². The summed E-state index contributed by atoms with van der Waals surface area (Å²) in [7, 11) is 1.60. The Bertz CT molecular complexity index is 737. The molecule has 1 aliphatic rings. The highest BCUT2D eigenvalue weighted by Crippen LogP contribution is 2.29. The number of nitrogens with one attached hydrogen (secondary N) is 1. The zero-order valence-electron chi connectivity index (χ0n) is 13.8. The van der Waals surface area contributed by atoms with Crippen molar-refractivity contribution >= 4 is 11.8 Å². The Morgan fingerprint density at radius 2 is 1.88 bits per heavy atom. The maximum absolute atomic E-state index is 12.7. The molecule has 3 rings (SSSR count). The molecule has 2 aromatic rings. The molecule has 0 saturated heterocycles. The van der Waals surface area contributed by atoms with Crippen LogP contribution in [0.15, 0.2) is 36.7 Å². The average molecular weight is 324 g/mol. The number of amides is 2. The summed E-state index contributed by atoms with van der Waals surface area (Å²) in [5.41, 5.74) is 2.75. The van der Waals surface area contributed by atoms with Crippen LogP contribution in [0.4, 0.5) is 0 Å².